The van der Waals surface area contributed by atoms with E-state index in [1.54, 1.807) is 30.3 Å². The summed E-state index contributed by atoms with van der Waals surface area (Å²) in [6.45, 7) is 1.89. The molecule has 0 bridgehead atoms. The lowest BCUT2D eigenvalue weighted by Crippen LogP contribution is -2.33. The van der Waals surface area contributed by atoms with Crippen molar-refractivity contribution in [3.05, 3.63) is 71.8 Å². The van der Waals surface area contributed by atoms with Crippen molar-refractivity contribution < 1.29 is 32.5 Å². The summed E-state index contributed by atoms with van der Waals surface area (Å²) in [5.74, 6) is -0.285. The van der Waals surface area contributed by atoms with E-state index in [4.69, 9.17) is 14.2 Å². The zero-order chi connectivity index (χ0) is 25.9. The SMILES string of the molecule is COc1ccc(C2COc3cc(O)ccc3N2c2ccc(O[C@@H]3CCN(CCCF)C3)c(F)c2)cc1F. The normalized spacial score (nSPS) is 19.4. The van der Waals surface area contributed by atoms with Crippen LogP contribution in [0.25, 0.3) is 0 Å². The second-order valence-corrected chi connectivity index (χ2v) is 9.23. The largest absolute Gasteiger partial charge is 0.508 e. The molecule has 5 rings (SSSR count). The Labute approximate surface area is 213 Å². The minimum absolute atomic E-state index is 0.0414. The number of hydrogen-bond donors (Lipinski definition) is 1. The Morgan fingerprint density at radius 1 is 1.03 bits per heavy atom. The van der Waals surface area contributed by atoms with Crippen molar-refractivity contribution in [1.82, 2.24) is 4.90 Å². The smallest absolute Gasteiger partial charge is 0.167 e. The first-order chi connectivity index (χ1) is 18.0. The number of anilines is 2. The number of nitrogens with zero attached hydrogens (tertiary/aromatic N) is 2. The summed E-state index contributed by atoms with van der Waals surface area (Å²) in [5.41, 5.74) is 1.76. The predicted molar refractivity (Wildman–Crippen MR) is 134 cm³/mol. The summed E-state index contributed by atoms with van der Waals surface area (Å²) in [5, 5.41) is 9.94. The third-order valence-electron chi connectivity index (χ3n) is 6.80. The Balaban J connectivity index is 1.44. The van der Waals surface area contributed by atoms with E-state index in [0.29, 0.717) is 42.2 Å². The van der Waals surface area contributed by atoms with E-state index in [0.717, 1.165) is 13.0 Å². The van der Waals surface area contributed by atoms with Gasteiger partial charge in [0.15, 0.2) is 23.1 Å². The molecule has 1 saturated heterocycles. The van der Waals surface area contributed by atoms with Crippen molar-refractivity contribution in [2.75, 3.05) is 44.9 Å². The van der Waals surface area contributed by atoms with Crippen molar-refractivity contribution in [2.24, 2.45) is 0 Å². The molecule has 0 spiro atoms. The van der Waals surface area contributed by atoms with E-state index >= 15 is 4.39 Å². The minimum atomic E-state index is -0.522. The predicted octanol–water partition coefficient (Wildman–Crippen LogP) is 5.76. The maximum Gasteiger partial charge on any atom is 0.167 e. The number of methoxy groups -OCH3 is 1. The van der Waals surface area contributed by atoms with Crippen molar-refractivity contribution >= 4 is 11.4 Å². The lowest BCUT2D eigenvalue weighted by Gasteiger charge is -2.39. The minimum Gasteiger partial charge on any atom is -0.508 e. The van der Waals surface area contributed by atoms with Gasteiger partial charge < -0.3 is 24.2 Å². The molecule has 2 heterocycles. The number of hydrogen-bond acceptors (Lipinski definition) is 6. The highest BCUT2D eigenvalue weighted by Gasteiger charge is 2.32. The van der Waals surface area contributed by atoms with Gasteiger partial charge in [-0.2, -0.15) is 0 Å². The molecule has 0 aliphatic carbocycles. The number of rotatable bonds is 8. The molecule has 9 heteroatoms. The van der Waals surface area contributed by atoms with Gasteiger partial charge in [-0.15, -0.1) is 0 Å². The molecule has 2 atom stereocenters. The highest BCUT2D eigenvalue weighted by Crippen LogP contribution is 2.46. The number of ether oxygens (including phenoxy) is 3. The molecular weight excluding hydrogens is 485 g/mol. The highest BCUT2D eigenvalue weighted by atomic mass is 19.1. The molecule has 0 aromatic heterocycles. The summed E-state index contributed by atoms with van der Waals surface area (Å²) in [6.07, 6.45) is 1.06. The molecule has 0 radical (unpaired) electrons. The van der Waals surface area contributed by atoms with Crippen LogP contribution in [0.5, 0.6) is 23.0 Å². The van der Waals surface area contributed by atoms with E-state index < -0.39 is 17.7 Å². The quantitative estimate of drug-likeness (QED) is 0.412. The van der Waals surface area contributed by atoms with E-state index in [1.165, 1.54) is 31.4 Å². The third-order valence-corrected chi connectivity index (χ3v) is 6.80. The molecule has 196 valence electrons. The fraction of sp³-hybridized carbons (Fsp3) is 0.357. The average Bonchev–Trinajstić information content (AvgIpc) is 3.35. The van der Waals surface area contributed by atoms with Crippen molar-refractivity contribution in [3.63, 3.8) is 0 Å². The van der Waals surface area contributed by atoms with Gasteiger partial charge in [0.05, 0.1) is 25.5 Å². The fourth-order valence-electron chi connectivity index (χ4n) is 4.98. The van der Waals surface area contributed by atoms with E-state index in [1.807, 2.05) is 4.90 Å². The summed E-state index contributed by atoms with van der Waals surface area (Å²) in [7, 11) is 1.40. The maximum absolute atomic E-state index is 15.3. The van der Waals surface area contributed by atoms with Gasteiger partial charge in [-0.05, 0) is 54.8 Å². The Kier molecular flexibility index (Phi) is 7.32. The fourth-order valence-corrected chi connectivity index (χ4v) is 4.98. The number of aromatic hydroxyl groups is 1. The van der Waals surface area contributed by atoms with Crippen LogP contribution < -0.4 is 19.1 Å². The van der Waals surface area contributed by atoms with Gasteiger partial charge in [0.1, 0.15) is 24.2 Å². The van der Waals surface area contributed by atoms with Crippen LogP contribution in [0.2, 0.25) is 0 Å². The molecule has 3 aromatic rings. The standard InChI is InChI=1S/C28H29F3N2O4/c1-35-26-7-3-18(13-22(26)30)25-17-36-28-15-20(34)5-6-24(28)33(25)19-4-8-27(23(31)14-19)37-21-9-12-32(16-21)11-2-10-29/h3-8,13-15,21,25,34H,2,9-12,16-17H2,1H3/t21-,25?/m1/s1. The lowest BCUT2D eigenvalue weighted by atomic mass is 10.0. The Morgan fingerprint density at radius 2 is 1.84 bits per heavy atom. The van der Waals surface area contributed by atoms with Crippen LogP contribution in [0.3, 0.4) is 0 Å². The highest BCUT2D eigenvalue weighted by molar-refractivity contribution is 5.73. The van der Waals surface area contributed by atoms with Gasteiger partial charge in [0.25, 0.3) is 0 Å². The zero-order valence-electron chi connectivity index (χ0n) is 20.5. The second-order valence-electron chi connectivity index (χ2n) is 9.23. The molecule has 0 saturated carbocycles. The first kappa shape index (κ1) is 25.1. The van der Waals surface area contributed by atoms with E-state index in [9.17, 15) is 13.9 Å². The van der Waals surface area contributed by atoms with Crippen LogP contribution in [0.15, 0.2) is 54.6 Å². The molecule has 37 heavy (non-hydrogen) atoms. The summed E-state index contributed by atoms with van der Waals surface area (Å²) in [6, 6.07) is 13.6. The second kappa shape index (κ2) is 10.8. The van der Waals surface area contributed by atoms with Crippen molar-refractivity contribution in [2.45, 2.75) is 25.0 Å². The number of benzene rings is 3. The monoisotopic (exact) mass is 514 g/mol. The molecular formula is C28H29F3N2O4. The number of fused-ring (bicyclic) bond motifs is 1. The van der Waals surface area contributed by atoms with Gasteiger partial charge in [-0.3, -0.25) is 9.29 Å². The van der Waals surface area contributed by atoms with Gasteiger partial charge in [0.2, 0.25) is 0 Å². The van der Waals surface area contributed by atoms with Gasteiger partial charge in [-0.25, -0.2) is 8.78 Å². The first-order valence-corrected chi connectivity index (χ1v) is 12.3. The third kappa shape index (κ3) is 5.27. The van der Waals surface area contributed by atoms with Crippen molar-refractivity contribution in [1.29, 1.82) is 0 Å². The van der Waals surface area contributed by atoms with Crippen LogP contribution in [-0.4, -0.2) is 56.1 Å². The lowest BCUT2D eigenvalue weighted by molar-refractivity contribution is 0.191. The molecule has 1 unspecified atom stereocenters. The van der Waals surface area contributed by atoms with Gasteiger partial charge in [-0.1, -0.05) is 6.07 Å². The topological polar surface area (TPSA) is 54.4 Å². The van der Waals surface area contributed by atoms with E-state index in [2.05, 4.69) is 4.90 Å². The molecule has 1 N–H and O–H groups in total. The Morgan fingerprint density at radius 3 is 2.59 bits per heavy atom. The van der Waals surface area contributed by atoms with Crippen LogP contribution >= 0.6 is 0 Å². The number of likely N-dealkylation sites (tertiary alicyclic amines) is 1. The average molecular weight is 515 g/mol. The number of phenolic OH excluding ortho intramolecular Hbond substituents is 1. The maximum atomic E-state index is 15.3. The summed E-state index contributed by atoms with van der Waals surface area (Å²) >= 11 is 0. The molecule has 2 aliphatic rings. The van der Waals surface area contributed by atoms with Crippen LogP contribution in [0.1, 0.15) is 24.4 Å². The van der Waals surface area contributed by atoms with Crippen LogP contribution in [0.4, 0.5) is 24.5 Å². The molecule has 1 fully saturated rings. The first-order valence-electron chi connectivity index (χ1n) is 12.3. The van der Waals surface area contributed by atoms with E-state index in [-0.39, 0.29) is 36.6 Å². The number of phenols is 1. The zero-order valence-corrected chi connectivity index (χ0v) is 20.5. The van der Waals surface area contributed by atoms with Crippen LogP contribution in [-0.2, 0) is 0 Å². The van der Waals surface area contributed by atoms with Gasteiger partial charge in [0, 0.05) is 37.5 Å². The Bertz CT molecular complexity index is 1260. The van der Waals surface area contributed by atoms with Crippen molar-refractivity contribution in [3.8, 4) is 23.0 Å². The molecule has 3 aromatic carbocycles. The molecule has 2 aliphatic heterocycles. The molecule has 6 nitrogen and oxygen atoms in total. The number of alkyl halides is 1. The summed E-state index contributed by atoms with van der Waals surface area (Å²) in [4.78, 5) is 3.98. The number of halogens is 3. The Hall–Kier alpha value is -3.59. The summed E-state index contributed by atoms with van der Waals surface area (Å²) < 4.78 is 59.3. The molecule has 0 amide bonds. The van der Waals surface area contributed by atoms with Crippen LogP contribution in [0, 0.1) is 11.6 Å². The van der Waals surface area contributed by atoms with Gasteiger partial charge >= 0.3 is 0 Å².